The Kier molecular flexibility index (Phi) is 4.49. The van der Waals surface area contributed by atoms with Crippen LogP contribution in [-0.2, 0) is 13.1 Å². The Balaban J connectivity index is 2.06. The highest BCUT2D eigenvalue weighted by Gasteiger charge is 2.21. The maximum atomic E-state index is 6.47. The summed E-state index contributed by atoms with van der Waals surface area (Å²) in [5, 5.41) is 1.06. The van der Waals surface area contributed by atoms with E-state index in [1.807, 2.05) is 18.6 Å². The SMILES string of the molecule is Cc1c(C)n(Cc2cccnc2)c2nc[n+](CC[NH+](C)C)c(N)c12. The average Bonchev–Trinajstić information content (AvgIpc) is 2.80. The molecule has 3 aromatic rings. The predicted octanol–water partition coefficient (Wildman–Crippen LogP) is 0.111. The van der Waals surface area contributed by atoms with Gasteiger partial charge in [0.1, 0.15) is 18.5 Å². The number of likely N-dealkylation sites (N-methyl/N-ethyl adjacent to an activating group) is 1. The molecule has 0 aromatic carbocycles. The molecular formula is C18H26N6+2. The minimum absolute atomic E-state index is 0.752. The van der Waals surface area contributed by atoms with Crippen LogP contribution in [0, 0.1) is 13.8 Å². The molecular weight excluding hydrogens is 300 g/mol. The number of anilines is 1. The van der Waals surface area contributed by atoms with E-state index in [-0.39, 0.29) is 0 Å². The molecule has 0 bridgehead atoms. The molecule has 3 aromatic heterocycles. The number of rotatable bonds is 5. The van der Waals surface area contributed by atoms with Crippen molar-refractivity contribution >= 4 is 16.9 Å². The van der Waals surface area contributed by atoms with Gasteiger partial charge >= 0.3 is 0 Å². The third kappa shape index (κ3) is 2.97. The molecule has 3 heterocycles. The molecule has 0 atom stereocenters. The van der Waals surface area contributed by atoms with E-state index in [1.165, 1.54) is 16.2 Å². The van der Waals surface area contributed by atoms with Crippen LogP contribution in [0.25, 0.3) is 11.0 Å². The normalized spacial score (nSPS) is 11.5. The van der Waals surface area contributed by atoms with Gasteiger partial charge in [-0.05, 0) is 31.0 Å². The lowest BCUT2D eigenvalue weighted by Gasteiger charge is -2.09. The van der Waals surface area contributed by atoms with Crippen molar-refractivity contribution in [1.29, 1.82) is 0 Å². The fourth-order valence-corrected chi connectivity index (χ4v) is 3.01. The van der Waals surface area contributed by atoms with Crippen molar-refractivity contribution in [3.05, 3.63) is 47.7 Å². The van der Waals surface area contributed by atoms with Gasteiger partial charge in [0.2, 0.25) is 17.8 Å². The van der Waals surface area contributed by atoms with Crippen LogP contribution in [0.1, 0.15) is 16.8 Å². The molecule has 0 aliphatic carbocycles. The maximum Gasteiger partial charge on any atom is 0.232 e. The van der Waals surface area contributed by atoms with Gasteiger partial charge < -0.3 is 15.2 Å². The second kappa shape index (κ2) is 6.57. The maximum absolute atomic E-state index is 6.47. The Morgan fingerprint density at radius 2 is 2.08 bits per heavy atom. The minimum Gasteiger partial charge on any atom is -0.337 e. The number of hydrogen-bond donors (Lipinski definition) is 2. The smallest absolute Gasteiger partial charge is 0.232 e. The predicted molar refractivity (Wildman–Crippen MR) is 94.8 cm³/mol. The summed E-state index contributed by atoms with van der Waals surface area (Å²) < 4.78 is 4.27. The van der Waals surface area contributed by atoms with Crippen molar-refractivity contribution in [2.45, 2.75) is 26.9 Å². The number of nitrogens with two attached hydrogens (primary N) is 1. The molecule has 6 nitrogen and oxygen atoms in total. The number of nitrogen functional groups attached to an aromatic ring is 1. The molecule has 0 unspecified atom stereocenters. The van der Waals surface area contributed by atoms with E-state index in [9.17, 15) is 0 Å². The van der Waals surface area contributed by atoms with Gasteiger partial charge in [0.15, 0.2) is 0 Å². The van der Waals surface area contributed by atoms with E-state index in [2.05, 4.69) is 48.1 Å². The molecule has 0 spiro atoms. The van der Waals surface area contributed by atoms with E-state index in [0.717, 1.165) is 42.0 Å². The fraction of sp³-hybridized carbons (Fsp3) is 0.389. The van der Waals surface area contributed by atoms with Gasteiger partial charge in [0.05, 0.1) is 20.6 Å². The van der Waals surface area contributed by atoms with Gasteiger partial charge in [-0.3, -0.25) is 4.98 Å². The van der Waals surface area contributed by atoms with E-state index < -0.39 is 0 Å². The lowest BCUT2D eigenvalue weighted by molar-refractivity contribution is -0.881. The van der Waals surface area contributed by atoms with Crippen molar-refractivity contribution in [2.75, 3.05) is 26.4 Å². The zero-order chi connectivity index (χ0) is 17.3. The summed E-state index contributed by atoms with van der Waals surface area (Å²) in [5.41, 5.74) is 11.0. The summed E-state index contributed by atoms with van der Waals surface area (Å²) >= 11 is 0. The Hall–Kier alpha value is -2.47. The first-order valence-corrected chi connectivity index (χ1v) is 8.30. The zero-order valence-corrected chi connectivity index (χ0v) is 14.9. The monoisotopic (exact) mass is 326 g/mol. The standard InChI is InChI=1S/C18H24N6/c1-13-14(2)24(11-15-6-5-7-20-10-15)18-16(13)17(19)23(12-21-18)9-8-22(3)4/h5-7,10,12,19H,8-9,11H2,1-4H3/p+2. The molecule has 0 fully saturated rings. The number of aromatic nitrogens is 4. The Morgan fingerprint density at radius 3 is 2.75 bits per heavy atom. The van der Waals surface area contributed by atoms with Crippen molar-refractivity contribution in [1.82, 2.24) is 14.5 Å². The van der Waals surface area contributed by atoms with Gasteiger partial charge in [-0.15, -0.1) is 0 Å². The highest BCUT2D eigenvalue weighted by Crippen LogP contribution is 2.27. The van der Waals surface area contributed by atoms with E-state index in [0.29, 0.717) is 0 Å². The van der Waals surface area contributed by atoms with Crippen LogP contribution in [0.2, 0.25) is 0 Å². The molecule has 3 rings (SSSR count). The number of nitrogens with one attached hydrogen (secondary N) is 1. The first-order chi connectivity index (χ1) is 11.5. The third-order valence-corrected chi connectivity index (χ3v) is 4.60. The highest BCUT2D eigenvalue weighted by molar-refractivity contribution is 5.89. The summed E-state index contributed by atoms with van der Waals surface area (Å²) in [7, 11) is 4.28. The number of pyridine rings is 1. The van der Waals surface area contributed by atoms with Crippen molar-refractivity contribution in [3.63, 3.8) is 0 Å². The average molecular weight is 326 g/mol. The Bertz CT molecular complexity index is 851. The van der Waals surface area contributed by atoms with Crippen molar-refractivity contribution < 1.29 is 9.47 Å². The fourth-order valence-electron chi connectivity index (χ4n) is 3.01. The van der Waals surface area contributed by atoms with Crippen LogP contribution in [-0.4, -0.2) is 35.2 Å². The second-order valence-corrected chi connectivity index (χ2v) is 6.64. The summed E-state index contributed by atoms with van der Waals surface area (Å²) in [4.78, 5) is 10.3. The summed E-state index contributed by atoms with van der Waals surface area (Å²) in [6, 6.07) is 4.04. The number of nitrogens with zero attached hydrogens (tertiary/aromatic N) is 4. The summed E-state index contributed by atoms with van der Waals surface area (Å²) in [6.07, 6.45) is 5.55. The Labute approximate surface area is 142 Å². The molecule has 0 saturated heterocycles. The highest BCUT2D eigenvalue weighted by atomic mass is 15.2. The lowest BCUT2D eigenvalue weighted by atomic mass is 10.2. The van der Waals surface area contributed by atoms with Crippen molar-refractivity contribution in [3.8, 4) is 0 Å². The third-order valence-electron chi connectivity index (χ3n) is 4.60. The zero-order valence-electron chi connectivity index (χ0n) is 14.9. The van der Waals surface area contributed by atoms with E-state index in [4.69, 9.17) is 10.7 Å². The van der Waals surface area contributed by atoms with Gasteiger partial charge in [-0.1, -0.05) is 11.1 Å². The minimum atomic E-state index is 0.752. The van der Waals surface area contributed by atoms with Crippen molar-refractivity contribution in [2.24, 2.45) is 0 Å². The number of quaternary nitrogens is 1. The summed E-state index contributed by atoms with van der Waals surface area (Å²) in [5.74, 6) is 0.798. The largest absolute Gasteiger partial charge is 0.337 e. The van der Waals surface area contributed by atoms with Gasteiger partial charge in [-0.2, -0.15) is 0 Å². The molecule has 6 heteroatoms. The molecule has 0 radical (unpaired) electrons. The first kappa shape index (κ1) is 16.4. The number of aryl methyl sites for hydroxylation is 1. The molecule has 0 aliphatic heterocycles. The van der Waals surface area contributed by atoms with Gasteiger partial charge in [0.25, 0.3) is 0 Å². The molecule has 0 amide bonds. The van der Waals surface area contributed by atoms with E-state index >= 15 is 0 Å². The van der Waals surface area contributed by atoms with Crippen LogP contribution in [0.5, 0.6) is 0 Å². The number of hydrogen-bond acceptors (Lipinski definition) is 3. The number of fused-ring (bicyclic) bond motifs is 1. The first-order valence-electron chi connectivity index (χ1n) is 8.30. The molecule has 3 N–H and O–H groups in total. The van der Waals surface area contributed by atoms with Crippen LogP contribution in [0.15, 0.2) is 30.9 Å². The molecule has 0 aliphatic rings. The molecule has 0 saturated carbocycles. The topological polar surface area (TPSA) is 65.0 Å². The van der Waals surface area contributed by atoms with Gasteiger partial charge in [-0.25, -0.2) is 4.57 Å². The van der Waals surface area contributed by atoms with Crippen LogP contribution < -0.4 is 15.2 Å². The van der Waals surface area contributed by atoms with Gasteiger partial charge in [0, 0.05) is 18.1 Å². The lowest BCUT2D eigenvalue weighted by Crippen LogP contribution is -3.06. The second-order valence-electron chi connectivity index (χ2n) is 6.64. The Morgan fingerprint density at radius 1 is 1.29 bits per heavy atom. The van der Waals surface area contributed by atoms with Crippen LogP contribution in [0.3, 0.4) is 0 Å². The van der Waals surface area contributed by atoms with E-state index in [1.54, 1.807) is 6.20 Å². The summed E-state index contributed by atoms with van der Waals surface area (Å²) in [6.45, 7) is 6.88. The van der Waals surface area contributed by atoms with Crippen LogP contribution >= 0.6 is 0 Å². The molecule has 24 heavy (non-hydrogen) atoms. The molecule has 126 valence electrons. The quantitative estimate of drug-likeness (QED) is 0.654. The van der Waals surface area contributed by atoms with Crippen LogP contribution in [0.4, 0.5) is 5.82 Å².